The van der Waals surface area contributed by atoms with Crippen LogP contribution in [0.1, 0.15) is 16.0 Å². The van der Waals surface area contributed by atoms with Gasteiger partial charge in [0.05, 0.1) is 11.6 Å². The molecule has 0 saturated heterocycles. The van der Waals surface area contributed by atoms with Gasteiger partial charge in [-0.05, 0) is 52.2 Å². The summed E-state index contributed by atoms with van der Waals surface area (Å²) in [6, 6.07) is 10.2. The molecular weight excluding hydrogens is 410 g/mol. The molecule has 1 nitrogen and oxygen atoms in total. The minimum absolute atomic E-state index is 0.0192. The summed E-state index contributed by atoms with van der Waals surface area (Å²) in [5.74, 6) is 0.495. The highest BCUT2D eigenvalue weighted by atomic mass is 79.9. The van der Waals surface area contributed by atoms with Gasteiger partial charge < -0.3 is 4.74 Å². The third kappa shape index (κ3) is 3.74. The van der Waals surface area contributed by atoms with E-state index in [1.807, 2.05) is 12.1 Å². The molecule has 0 bridgehead atoms. The normalized spacial score (nSPS) is 12.2. The Morgan fingerprint density at radius 2 is 2.05 bits per heavy atom. The van der Waals surface area contributed by atoms with Crippen LogP contribution in [0, 0.1) is 5.82 Å². The van der Waals surface area contributed by atoms with E-state index in [0.29, 0.717) is 11.4 Å². The SMILES string of the molecule is COc1c(Br)cc(Cl)cc1C(Br)Cc1cccc(F)c1. The number of methoxy groups -OCH3 is 1. The van der Waals surface area contributed by atoms with E-state index in [1.165, 1.54) is 12.1 Å². The number of hydrogen-bond acceptors (Lipinski definition) is 1. The standard InChI is InChI=1S/C15H12Br2ClFO/c1-20-15-12(7-10(18)8-14(15)17)13(16)6-9-3-2-4-11(19)5-9/h2-5,7-8,13H,6H2,1H3. The molecule has 0 saturated carbocycles. The topological polar surface area (TPSA) is 9.23 Å². The van der Waals surface area contributed by atoms with Crippen molar-refractivity contribution in [3.63, 3.8) is 0 Å². The van der Waals surface area contributed by atoms with Crippen molar-refractivity contribution in [1.82, 2.24) is 0 Å². The first-order chi connectivity index (χ1) is 9.51. The summed E-state index contributed by atoms with van der Waals surface area (Å²) in [7, 11) is 1.61. The van der Waals surface area contributed by atoms with Crippen LogP contribution in [-0.2, 0) is 6.42 Å². The minimum Gasteiger partial charge on any atom is -0.495 e. The number of hydrogen-bond donors (Lipinski definition) is 0. The molecule has 1 atom stereocenters. The van der Waals surface area contributed by atoms with Crippen molar-refractivity contribution in [2.45, 2.75) is 11.2 Å². The van der Waals surface area contributed by atoms with Crippen LogP contribution in [0.5, 0.6) is 5.75 Å². The Hall–Kier alpha value is -0.580. The predicted octanol–water partition coefficient (Wildman–Crippen LogP) is 5.93. The van der Waals surface area contributed by atoms with E-state index in [-0.39, 0.29) is 10.6 Å². The van der Waals surface area contributed by atoms with Gasteiger partial charge in [-0.2, -0.15) is 0 Å². The van der Waals surface area contributed by atoms with Gasteiger partial charge in [-0.15, -0.1) is 0 Å². The summed E-state index contributed by atoms with van der Waals surface area (Å²) in [5.41, 5.74) is 1.83. The van der Waals surface area contributed by atoms with Crippen LogP contribution in [-0.4, -0.2) is 7.11 Å². The molecule has 2 aromatic carbocycles. The van der Waals surface area contributed by atoms with Crippen molar-refractivity contribution < 1.29 is 9.13 Å². The Morgan fingerprint density at radius 3 is 2.70 bits per heavy atom. The van der Waals surface area contributed by atoms with E-state index < -0.39 is 0 Å². The molecule has 0 spiro atoms. The molecule has 0 aliphatic carbocycles. The molecule has 1 unspecified atom stereocenters. The van der Waals surface area contributed by atoms with Crippen LogP contribution in [0.4, 0.5) is 4.39 Å². The lowest BCUT2D eigenvalue weighted by atomic mass is 10.0. The first-order valence-corrected chi connectivity index (χ1v) is 8.01. The molecule has 0 amide bonds. The lowest BCUT2D eigenvalue weighted by molar-refractivity contribution is 0.407. The molecule has 2 rings (SSSR count). The van der Waals surface area contributed by atoms with Crippen molar-refractivity contribution in [2.24, 2.45) is 0 Å². The van der Waals surface area contributed by atoms with E-state index in [9.17, 15) is 4.39 Å². The molecule has 0 heterocycles. The minimum atomic E-state index is -0.235. The maximum atomic E-state index is 13.2. The average molecular weight is 423 g/mol. The van der Waals surface area contributed by atoms with Crippen molar-refractivity contribution in [3.05, 3.63) is 62.8 Å². The molecule has 0 aliphatic rings. The molecule has 5 heteroatoms. The van der Waals surface area contributed by atoms with Crippen molar-refractivity contribution in [1.29, 1.82) is 0 Å². The van der Waals surface area contributed by atoms with Crippen LogP contribution in [0.25, 0.3) is 0 Å². The monoisotopic (exact) mass is 420 g/mol. The van der Waals surface area contributed by atoms with E-state index in [1.54, 1.807) is 19.2 Å². The fourth-order valence-electron chi connectivity index (χ4n) is 2.01. The second kappa shape index (κ2) is 6.92. The van der Waals surface area contributed by atoms with Gasteiger partial charge in [0.15, 0.2) is 0 Å². The summed E-state index contributed by atoms with van der Waals surface area (Å²) in [5, 5.41) is 0.622. The first kappa shape index (κ1) is 15.8. The Balaban J connectivity index is 2.31. The van der Waals surface area contributed by atoms with Gasteiger partial charge in [0.2, 0.25) is 0 Å². The number of rotatable bonds is 4. The first-order valence-electron chi connectivity index (χ1n) is 5.92. The van der Waals surface area contributed by atoms with Crippen LogP contribution < -0.4 is 4.74 Å². The van der Waals surface area contributed by atoms with Crippen LogP contribution in [0.15, 0.2) is 40.9 Å². The van der Waals surface area contributed by atoms with Gasteiger partial charge in [-0.1, -0.05) is 39.7 Å². The van der Waals surface area contributed by atoms with E-state index in [0.717, 1.165) is 21.3 Å². The van der Waals surface area contributed by atoms with E-state index in [2.05, 4.69) is 31.9 Å². The molecule has 20 heavy (non-hydrogen) atoms. The lowest BCUT2D eigenvalue weighted by Crippen LogP contribution is -2.00. The van der Waals surface area contributed by atoms with Crippen LogP contribution >= 0.6 is 43.5 Å². The van der Waals surface area contributed by atoms with Crippen molar-refractivity contribution >= 4 is 43.5 Å². The van der Waals surface area contributed by atoms with Gasteiger partial charge in [0.25, 0.3) is 0 Å². The van der Waals surface area contributed by atoms with Gasteiger partial charge in [0.1, 0.15) is 11.6 Å². The Bertz CT molecular complexity index is 619. The zero-order chi connectivity index (χ0) is 14.7. The molecule has 106 valence electrons. The van der Waals surface area contributed by atoms with Gasteiger partial charge in [-0.3, -0.25) is 0 Å². The second-order valence-electron chi connectivity index (χ2n) is 4.31. The third-order valence-electron chi connectivity index (χ3n) is 2.88. The number of halogens is 4. The molecule has 0 N–H and O–H groups in total. The molecule has 0 aromatic heterocycles. The number of alkyl halides is 1. The Morgan fingerprint density at radius 1 is 1.30 bits per heavy atom. The Kier molecular flexibility index (Phi) is 5.47. The molecular formula is C15H12Br2ClFO. The molecule has 2 aromatic rings. The highest BCUT2D eigenvalue weighted by Gasteiger charge is 2.17. The van der Waals surface area contributed by atoms with E-state index in [4.69, 9.17) is 16.3 Å². The average Bonchev–Trinajstić information content (AvgIpc) is 2.37. The molecule has 0 fully saturated rings. The van der Waals surface area contributed by atoms with Gasteiger partial charge in [-0.25, -0.2) is 4.39 Å². The molecule has 0 radical (unpaired) electrons. The van der Waals surface area contributed by atoms with Gasteiger partial charge >= 0.3 is 0 Å². The number of ether oxygens (including phenoxy) is 1. The summed E-state index contributed by atoms with van der Waals surface area (Å²) < 4.78 is 19.4. The highest BCUT2D eigenvalue weighted by Crippen LogP contribution is 2.40. The largest absolute Gasteiger partial charge is 0.495 e. The Labute approximate surface area is 139 Å². The maximum Gasteiger partial charge on any atom is 0.137 e. The maximum absolute atomic E-state index is 13.2. The van der Waals surface area contributed by atoms with Crippen molar-refractivity contribution in [2.75, 3.05) is 7.11 Å². The summed E-state index contributed by atoms with van der Waals surface area (Å²) in [6.07, 6.45) is 0.640. The lowest BCUT2D eigenvalue weighted by Gasteiger charge is -2.16. The van der Waals surface area contributed by atoms with Crippen LogP contribution in [0.2, 0.25) is 5.02 Å². The second-order valence-corrected chi connectivity index (χ2v) is 6.71. The zero-order valence-corrected chi connectivity index (χ0v) is 14.6. The summed E-state index contributed by atoms with van der Waals surface area (Å²) >= 11 is 13.1. The van der Waals surface area contributed by atoms with Gasteiger partial charge in [0, 0.05) is 15.4 Å². The smallest absolute Gasteiger partial charge is 0.137 e. The predicted molar refractivity (Wildman–Crippen MR) is 87.5 cm³/mol. The quantitative estimate of drug-likeness (QED) is 0.555. The van der Waals surface area contributed by atoms with Crippen LogP contribution in [0.3, 0.4) is 0 Å². The highest BCUT2D eigenvalue weighted by molar-refractivity contribution is 9.10. The number of benzene rings is 2. The van der Waals surface area contributed by atoms with E-state index >= 15 is 0 Å². The fourth-order valence-corrected chi connectivity index (χ4v) is 3.72. The summed E-state index contributed by atoms with van der Waals surface area (Å²) in [6.45, 7) is 0. The summed E-state index contributed by atoms with van der Waals surface area (Å²) in [4.78, 5) is -0.0192. The zero-order valence-electron chi connectivity index (χ0n) is 10.7. The molecule has 0 aliphatic heterocycles. The third-order valence-corrected chi connectivity index (χ3v) is 4.51. The fraction of sp³-hybridized carbons (Fsp3) is 0.200. The van der Waals surface area contributed by atoms with Crippen molar-refractivity contribution in [3.8, 4) is 5.75 Å².